The topological polar surface area (TPSA) is 58.2 Å². The second kappa shape index (κ2) is 9.99. The SMILES string of the molecule is Cc1cc(Br)ccc1NC(=O)CNC(=O)CCSc1ccccc1Br. The van der Waals surface area contributed by atoms with Gasteiger partial charge in [0.15, 0.2) is 0 Å². The first kappa shape index (κ1) is 20.0. The third-order valence-electron chi connectivity index (χ3n) is 3.33. The van der Waals surface area contributed by atoms with Crippen LogP contribution in [0.3, 0.4) is 0 Å². The van der Waals surface area contributed by atoms with E-state index in [9.17, 15) is 9.59 Å². The summed E-state index contributed by atoms with van der Waals surface area (Å²) in [6.45, 7) is 1.88. The molecule has 0 aliphatic carbocycles. The summed E-state index contributed by atoms with van der Waals surface area (Å²) in [6.07, 6.45) is 0.358. The van der Waals surface area contributed by atoms with Gasteiger partial charge in [0, 0.05) is 31.7 Å². The molecule has 2 rings (SSSR count). The van der Waals surface area contributed by atoms with Crippen molar-refractivity contribution in [2.45, 2.75) is 18.2 Å². The maximum Gasteiger partial charge on any atom is 0.243 e. The predicted molar refractivity (Wildman–Crippen MR) is 110 cm³/mol. The van der Waals surface area contributed by atoms with Crippen LogP contribution < -0.4 is 10.6 Å². The van der Waals surface area contributed by atoms with Gasteiger partial charge in [-0.15, -0.1) is 11.8 Å². The molecule has 0 saturated heterocycles. The van der Waals surface area contributed by atoms with Gasteiger partial charge in [-0.25, -0.2) is 0 Å². The number of rotatable bonds is 7. The smallest absolute Gasteiger partial charge is 0.243 e. The van der Waals surface area contributed by atoms with Gasteiger partial charge in [0.25, 0.3) is 0 Å². The standard InChI is InChI=1S/C18H18Br2N2O2S/c1-12-10-13(19)6-7-15(12)22-18(24)11-21-17(23)8-9-25-16-5-3-2-4-14(16)20/h2-7,10H,8-9,11H2,1H3,(H,21,23)(H,22,24). The number of halogens is 2. The average molecular weight is 486 g/mol. The molecule has 7 heteroatoms. The first-order chi connectivity index (χ1) is 12.0. The molecule has 2 N–H and O–H groups in total. The highest BCUT2D eigenvalue weighted by Crippen LogP contribution is 2.27. The minimum Gasteiger partial charge on any atom is -0.347 e. The monoisotopic (exact) mass is 484 g/mol. The predicted octanol–water partition coefficient (Wildman–Crippen LogP) is 4.76. The molecule has 0 atom stereocenters. The van der Waals surface area contributed by atoms with Crippen LogP contribution in [-0.4, -0.2) is 24.1 Å². The average Bonchev–Trinajstić information content (AvgIpc) is 2.57. The molecule has 2 aromatic carbocycles. The van der Waals surface area contributed by atoms with Crippen LogP contribution in [0.1, 0.15) is 12.0 Å². The highest BCUT2D eigenvalue weighted by atomic mass is 79.9. The van der Waals surface area contributed by atoms with Crippen LogP contribution in [-0.2, 0) is 9.59 Å². The van der Waals surface area contributed by atoms with Gasteiger partial charge in [0.1, 0.15) is 0 Å². The molecule has 0 aromatic heterocycles. The lowest BCUT2D eigenvalue weighted by atomic mass is 10.2. The van der Waals surface area contributed by atoms with Crippen molar-refractivity contribution < 1.29 is 9.59 Å². The first-order valence-electron chi connectivity index (χ1n) is 7.66. The fourth-order valence-corrected chi connectivity index (χ4v) is 4.04. The van der Waals surface area contributed by atoms with Crippen LogP contribution >= 0.6 is 43.6 Å². The number of thioether (sulfide) groups is 1. The lowest BCUT2D eigenvalue weighted by molar-refractivity contribution is -0.123. The first-order valence-corrected chi connectivity index (χ1v) is 10.2. The van der Waals surface area contributed by atoms with Gasteiger partial charge in [-0.1, -0.05) is 28.1 Å². The van der Waals surface area contributed by atoms with Crippen molar-refractivity contribution in [3.63, 3.8) is 0 Å². The molecule has 0 bridgehead atoms. The van der Waals surface area contributed by atoms with Gasteiger partial charge in [0.2, 0.25) is 11.8 Å². The van der Waals surface area contributed by atoms with E-state index in [2.05, 4.69) is 42.5 Å². The zero-order valence-corrected chi connectivity index (χ0v) is 17.6. The van der Waals surface area contributed by atoms with Gasteiger partial charge in [0.05, 0.1) is 6.54 Å². The van der Waals surface area contributed by atoms with Crippen molar-refractivity contribution in [3.05, 3.63) is 57.0 Å². The quantitative estimate of drug-likeness (QED) is 0.556. The minimum atomic E-state index is -0.239. The molecule has 0 radical (unpaired) electrons. The number of benzene rings is 2. The Balaban J connectivity index is 1.70. The Morgan fingerprint density at radius 3 is 2.56 bits per heavy atom. The van der Waals surface area contributed by atoms with E-state index >= 15 is 0 Å². The largest absolute Gasteiger partial charge is 0.347 e. The lowest BCUT2D eigenvalue weighted by Gasteiger charge is -2.10. The third kappa shape index (κ3) is 6.84. The molecule has 0 heterocycles. The summed E-state index contributed by atoms with van der Waals surface area (Å²) in [6, 6.07) is 13.5. The molecule has 0 aliphatic heterocycles. The van der Waals surface area contributed by atoms with Crippen LogP contribution in [0.15, 0.2) is 56.3 Å². The Bertz CT molecular complexity index is 768. The molecule has 0 saturated carbocycles. The number of hydrogen-bond donors (Lipinski definition) is 2. The minimum absolute atomic E-state index is 0.0337. The fraction of sp³-hybridized carbons (Fsp3) is 0.222. The van der Waals surface area contributed by atoms with E-state index < -0.39 is 0 Å². The van der Waals surface area contributed by atoms with E-state index in [4.69, 9.17) is 0 Å². The Morgan fingerprint density at radius 2 is 1.84 bits per heavy atom. The Labute approximate surface area is 168 Å². The summed E-state index contributed by atoms with van der Waals surface area (Å²) in [5, 5.41) is 5.45. The van der Waals surface area contributed by atoms with E-state index in [-0.39, 0.29) is 18.4 Å². The number of carbonyl (C=O) groups is 2. The summed E-state index contributed by atoms with van der Waals surface area (Å²) in [5.41, 5.74) is 1.70. The van der Waals surface area contributed by atoms with E-state index in [1.54, 1.807) is 11.8 Å². The van der Waals surface area contributed by atoms with Crippen LogP contribution in [0.5, 0.6) is 0 Å². The van der Waals surface area contributed by atoms with E-state index in [0.29, 0.717) is 12.2 Å². The number of anilines is 1. The maximum absolute atomic E-state index is 11.9. The summed E-state index contributed by atoms with van der Waals surface area (Å²) in [7, 11) is 0. The van der Waals surface area contributed by atoms with Crippen molar-refractivity contribution in [1.29, 1.82) is 0 Å². The Hall–Kier alpha value is -1.31. The van der Waals surface area contributed by atoms with Crippen molar-refractivity contribution in [3.8, 4) is 0 Å². The normalized spacial score (nSPS) is 10.4. The van der Waals surface area contributed by atoms with Crippen LogP contribution in [0.25, 0.3) is 0 Å². The Morgan fingerprint density at radius 1 is 1.08 bits per heavy atom. The number of aryl methyl sites for hydroxylation is 1. The van der Waals surface area contributed by atoms with Crippen LogP contribution in [0.4, 0.5) is 5.69 Å². The fourth-order valence-electron chi connectivity index (χ4n) is 2.04. The molecule has 0 fully saturated rings. The summed E-state index contributed by atoms with van der Waals surface area (Å²) < 4.78 is 1.98. The molecule has 0 unspecified atom stereocenters. The molecule has 25 heavy (non-hydrogen) atoms. The van der Waals surface area contributed by atoms with Gasteiger partial charge >= 0.3 is 0 Å². The maximum atomic E-state index is 11.9. The summed E-state index contributed by atoms with van der Waals surface area (Å²) in [4.78, 5) is 24.9. The molecule has 0 aliphatic rings. The van der Waals surface area contributed by atoms with Crippen molar-refractivity contribution in [1.82, 2.24) is 5.32 Å². The van der Waals surface area contributed by atoms with Gasteiger partial charge in [-0.05, 0) is 58.7 Å². The molecular weight excluding hydrogens is 468 g/mol. The second-order valence-corrected chi connectivity index (χ2v) is 8.22. The zero-order chi connectivity index (χ0) is 18.2. The lowest BCUT2D eigenvalue weighted by Crippen LogP contribution is -2.33. The molecule has 132 valence electrons. The molecule has 4 nitrogen and oxygen atoms in total. The van der Waals surface area contributed by atoms with E-state index in [1.165, 1.54) is 0 Å². The number of hydrogen-bond acceptors (Lipinski definition) is 3. The van der Waals surface area contributed by atoms with Gasteiger partial charge in [-0.2, -0.15) is 0 Å². The van der Waals surface area contributed by atoms with Crippen LogP contribution in [0.2, 0.25) is 0 Å². The second-order valence-electron chi connectivity index (χ2n) is 5.31. The van der Waals surface area contributed by atoms with Crippen molar-refractivity contribution in [2.75, 3.05) is 17.6 Å². The molecule has 2 amide bonds. The van der Waals surface area contributed by atoms with Crippen molar-refractivity contribution in [2.24, 2.45) is 0 Å². The molecule has 0 spiro atoms. The number of carbonyl (C=O) groups excluding carboxylic acids is 2. The highest BCUT2D eigenvalue weighted by Gasteiger charge is 2.08. The summed E-state index contributed by atoms with van der Waals surface area (Å²) >= 11 is 8.46. The van der Waals surface area contributed by atoms with Crippen LogP contribution in [0, 0.1) is 6.92 Å². The van der Waals surface area contributed by atoms with Crippen molar-refractivity contribution >= 4 is 61.1 Å². The number of amides is 2. The van der Waals surface area contributed by atoms with Gasteiger partial charge < -0.3 is 10.6 Å². The highest BCUT2D eigenvalue weighted by molar-refractivity contribution is 9.10. The zero-order valence-electron chi connectivity index (χ0n) is 13.6. The van der Waals surface area contributed by atoms with E-state index in [1.807, 2.05) is 49.4 Å². The van der Waals surface area contributed by atoms with Gasteiger partial charge in [-0.3, -0.25) is 9.59 Å². The molecule has 2 aromatic rings. The van der Waals surface area contributed by atoms with E-state index in [0.717, 1.165) is 25.1 Å². The Kier molecular flexibility index (Phi) is 7.99. The number of nitrogens with one attached hydrogen (secondary N) is 2. The summed E-state index contributed by atoms with van der Waals surface area (Å²) in [5.74, 6) is 0.279. The third-order valence-corrected chi connectivity index (χ3v) is 5.85. The molecular formula is C18H18Br2N2O2S.